The van der Waals surface area contributed by atoms with Crippen molar-refractivity contribution in [1.82, 2.24) is 4.90 Å². The second-order valence-electron chi connectivity index (χ2n) is 7.95. The largest absolute Gasteiger partial charge is 0.491 e. The Morgan fingerprint density at radius 3 is 2.56 bits per heavy atom. The first kappa shape index (κ1) is 22.4. The number of hydrogen-bond donors (Lipinski definition) is 1. The molecule has 1 saturated heterocycles. The van der Waals surface area contributed by atoms with Crippen LogP contribution in [0.15, 0.2) is 71.6 Å². The molecular weight excluding hydrogens is 456 g/mol. The van der Waals surface area contributed by atoms with Gasteiger partial charge in [-0.25, -0.2) is 4.39 Å². The zero-order valence-electron chi connectivity index (χ0n) is 17.9. The molecular formula is C25H19BFNO5S. The van der Waals surface area contributed by atoms with E-state index in [1.807, 2.05) is 36.4 Å². The van der Waals surface area contributed by atoms with Gasteiger partial charge in [0.1, 0.15) is 18.2 Å². The summed E-state index contributed by atoms with van der Waals surface area (Å²) in [6.07, 6.45) is 1.68. The Bertz CT molecular complexity index is 1280. The average Bonchev–Trinajstić information content (AvgIpc) is 3.34. The number of hydrogen-bond acceptors (Lipinski definition) is 6. The van der Waals surface area contributed by atoms with Crippen molar-refractivity contribution in [3.8, 4) is 5.75 Å². The number of imide groups is 1. The normalized spacial score (nSPS) is 16.5. The predicted octanol–water partition coefficient (Wildman–Crippen LogP) is 3.86. The highest BCUT2D eigenvalue weighted by molar-refractivity contribution is 8.18. The fraction of sp³-hybridized carbons (Fsp3) is 0.120. The van der Waals surface area contributed by atoms with Crippen LogP contribution in [0.5, 0.6) is 5.75 Å². The Hall–Kier alpha value is -3.40. The molecule has 34 heavy (non-hydrogen) atoms. The van der Waals surface area contributed by atoms with Gasteiger partial charge in [0, 0.05) is 0 Å². The molecule has 3 aromatic rings. The molecule has 0 aliphatic carbocycles. The SMILES string of the molecule is O=C1S/C(=C\c2ccc(COc3ccc4c(c3)B(O)OC4)cc2)C(=O)N1Cc1ccc(F)cc1. The number of thioether (sulfide) groups is 1. The number of ether oxygens (including phenoxy) is 1. The number of benzene rings is 3. The Labute approximate surface area is 200 Å². The van der Waals surface area contributed by atoms with Crippen LogP contribution in [0.2, 0.25) is 0 Å². The van der Waals surface area contributed by atoms with Gasteiger partial charge in [0.2, 0.25) is 0 Å². The van der Waals surface area contributed by atoms with Gasteiger partial charge < -0.3 is 14.4 Å². The Morgan fingerprint density at radius 2 is 1.79 bits per heavy atom. The molecule has 0 unspecified atom stereocenters. The first-order valence-electron chi connectivity index (χ1n) is 10.6. The molecule has 2 aliphatic rings. The lowest BCUT2D eigenvalue weighted by Gasteiger charge is -2.12. The predicted molar refractivity (Wildman–Crippen MR) is 128 cm³/mol. The van der Waals surface area contributed by atoms with E-state index in [2.05, 4.69) is 0 Å². The molecule has 9 heteroatoms. The third-order valence-electron chi connectivity index (χ3n) is 5.59. The molecule has 5 rings (SSSR count). The van der Waals surface area contributed by atoms with Gasteiger partial charge in [0.15, 0.2) is 0 Å². The highest BCUT2D eigenvalue weighted by atomic mass is 32.2. The van der Waals surface area contributed by atoms with Gasteiger partial charge in [-0.15, -0.1) is 0 Å². The van der Waals surface area contributed by atoms with E-state index in [1.165, 1.54) is 12.1 Å². The van der Waals surface area contributed by atoms with Crippen LogP contribution < -0.4 is 10.2 Å². The van der Waals surface area contributed by atoms with Crippen molar-refractivity contribution in [1.29, 1.82) is 0 Å². The molecule has 3 aromatic carbocycles. The van der Waals surface area contributed by atoms with E-state index in [-0.39, 0.29) is 23.5 Å². The molecule has 2 aliphatic heterocycles. The van der Waals surface area contributed by atoms with Gasteiger partial charge in [-0.05, 0) is 69.8 Å². The summed E-state index contributed by atoms with van der Waals surface area (Å²) in [7, 11) is -0.916. The number of carbonyl (C=O) groups excluding carboxylic acids is 2. The summed E-state index contributed by atoms with van der Waals surface area (Å²) in [5.74, 6) is -0.0935. The monoisotopic (exact) mass is 475 g/mol. The standard InChI is InChI=1S/C25H19BFNO5S/c27-20-8-5-17(6-9-20)13-28-24(29)23(34-25(28)30)11-16-1-3-18(4-2-16)14-32-21-10-7-19-15-33-26(31)22(19)12-21/h1-12,31H,13-15H2/b23-11-. The molecule has 1 N–H and O–H groups in total. The zero-order valence-corrected chi connectivity index (χ0v) is 18.8. The summed E-state index contributed by atoms with van der Waals surface area (Å²) >= 11 is 0.890. The van der Waals surface area contributed by atoms with Crippen LogP contribution in [0.3, 0.4) is 0 Å². The number of nitrogens with zero attached hydrogens (tertiary/aromatic N) is 1. The van der Waals surface area contributed by atoms with Gasteiger partial charge in [-0.1, -0.05) is 42.5 Å². The quantitative estimate of drug-likeness (QED) is 0.431. The molecule has 170 valence electrons. The van der Waals surface area contributed by atoms with Gasteiger partial charge >= 0.3 is 7.12 Å². The lowest BCUT2D eigenvalue weighted by Crippen LogP contribution is -2.27. The number of rotatable bonds is 6. The lowest BCUT2D eigenvalue weighted by atomic mass is 9.79. The van der Waals surface area contributed by atoms with Crippen molar-refractivity contribution in [3.63, 3.8) is 0 Å². The van der Waals surface area contributed by atoms with Crippen LogP contribution in [0, 0.1) is 5.82 Å². The van der Waals surface area contributed by atoms with E-state index in [0.717, 1.165) is 38.8 Å². The maximum atomic E-state index is 13.1. The summed E-state index contributed by atoms with van der Waals surface area (Å²) in [5, 5.41) is 9.48. The van der Waals surface area contributed by atoms with Gasteiger partial charge in [0.05, 0.1) is 18.1 Å². The Kier molecular flexibility index (Phi) is 6.23. The van der Waals surface area contributed by atoms with Crippen LogP contribution in [0.1, 0.15) is 22.3 Å². The first-order valence-corrected chi connectivity index (χ1v) is 11.4. The van der Waals surface area contributed by atoms with E-state index in [0.29, 0.717) is 29.4 Å². The number of halogens is 1. The van der Waals surface area contributed by atoms with E-state index in [9.17, 15) is 19.0 Å². The van der Waals surface area contributed by atoms with E-state index >= 15 is 0 Å². The molecule has 6 nitrogen and oxygen atoms in total. The summed E-state index contributed by atoms with van der Waals surface area (Å²) in [6.45, 7) is 0.832. The maximum Gasteiger partial charge on any atom is 0.491 e. The van der Waals surface area contributed by atoms with E-state index in [4.69, 9.17) is 9.39 Å². The number of fused-ring (bicyclic) bond motifs is 1. The van der Waals surface area contributed by atoms with Crippen molar-refractivity contribution in [2.24, 2.45) is 0 Å². The summed E-state index contributed by atoms with van der Waals surface area (Å²) < 4.78 is 24.1. The molecule has 2 heterocycles. The number of carbonyl (C=O) groups is 2. The minimum atomic E-state index is -0.916. The molecule has 1 fully saturated rings. The van der Waals surface area contributed by atoms with Gasteiger partial charge in [-0.2, -0.15) is 0 Å². The van der Waals surface area contributed by atoms with Crippen molar-refractivity contribution in [2.45, 2.75) is 19.8 Å². The minimum absolute atomic E-state index is 0.102. The molecule has 0 aromatic heterocycles. The van der Waals surface area contributed by atoms with Crippen molar-refractivity contribution in [2.75, 3.05) is 0 Å². The Balaban J connectivity index is 1.22. The minimum Gasteiger partial charge on any atom is -0.489 e. The van der Waals surface area contributed by atoms with E-state index < -0.39 is 7.12 Å². The van der Waals surface area contributed by atoms with Crippen LogP contribution in [0.4, 0.5) is 9.18 Å². The summed E-state index contributed by atoms with van der Waals surface area (Å²) in [6, 6.07) is 18.7. The molecule has 0 bridgehead atoms. The first-order chi connectivity index (χ1) is 16.5. The van der Waals surface area contributed by atoms with E-state index in [1.54, 1.807) is 24.3 Å². The second kappa shape index (κ2) is 9.46. The van der Waals surface area contributed by atoms with Crippen molar-refractivity contribution < 1.29 is 28.4 Å². The van der Waals surface area contributed by atoms with Crippen LogP contribution >= 0.6 is 11.8 Å². The molecule has 0 radical (unpaired) electrons. The van der Waals surface area contributed by atoms with Gasteiger partial charge in [0.25, 0.3) is 11.1 Å². The number of amides is 2. The third-order valence-corrected chi connectivity index (χ3v) is 6.50. The third kappa shape index (κ3) is 4.77. The maximum absolute atomic E-state index is 13.1. The highest BCUT2D eigenvalue weighted by Crippen LogP contribution is 2.33. The molecule has 0 saturated carbocycles. The van der Waals surface area contributed by atoms with Crippen LogP contribution in [-0.2, 0) is 29.2 Å². The highest BCUT2D eigenvalue weighted by Gasteiger charge is 2.35. The summed E-state index contributed by atoms with van der Waals surface area (Å²) in [4.78, 5) is 26.6. The molecule has 0 atom stereocenters. The topological polar surface area (TPSA) is 76.1 Å². The molecule has 2 amide bonds. The lowest BCUT2D eigenvalue weighted by molar-refractivity contribution is -0.123. The van der Waals surface area contributed by atoms with Crippen molar-refractivity contribution >= 4 is 41.6 Å². The fourth-order valence-electron chi connectivity index (χ4n) is 3.72. The summed E-state index contributed by atoms with van der Waals surface area (Å²) in [5.41, 5.74) is 4.07. The van der Waals surface area contributed by atoms with Gasteiger partial charge in [-0.3, -0.25) is 14.5 Å². The zero-order chi connectivity index (χ0) is 23.7. The smallest absolute Gasteiger partial charge is 0.489 e. The average molecular weight is 475 g/mol. The molecule has 0 spiro atoms. The fourth-order valence-corrected chi connectivity index (χ4v) is 4.56. The Morgan fingerprint density at radius 1 is 1.06 bits per heavy atom. The van der Waals surface area contributed by atoms with Crippen LogP contribution in [0.25, 0.3) is 6.08 Å². The van der Waals surface area contributed by atoms with Crippen molar-refractivity contribution in [3.05, 3.63) is 99.7 Å². The second-order valence-corrected chi connectivity index (χ2v) is 8.94. The van der Waals surface area contributed by atoms with Crippen LogP contribution in [-0.4, -0.2) is 28.2 Å².